The Hall–Kier alpha value is -1.35. The van der Waals surface area contributed by atoms with E-state index >= 15 is 0 Å². The van der Waals surface area contributed by atoms with Crippen molar-refractivity contribution in [1.29, 1.82) is 0 Å². The highest BCUT2D eigenvalue weighted by Gasteiger charge is 2.09. The molecule has 13 heavy (non-hydrogen) atoms. The Morgan fingerprint density at radius 1 is 1.54 bits per heavy atom. The molecule has 3 heteroatoms. The summed E-state index contributed by atoms with van der Waals surface area (Å²) in [6.07, 6.45) is 3.84. The number of pyridine rings is 1. The number of fused-ring (bicyclic) bond motifs is 1. The lowest BCUT2D eigenvalue weighted by Crippen LogP contribution is -2.03. The smallest absolute Gasteiger partial charge is 0.139 e. The van der Waals surface area contributed by atoms with Crippen molar-refractivity contribution in [3.63, 3.8) is 0 Å². The average molecular weight is 175 g/mol. The van der Waals surface area contributed by atoms with Gasteiger partial charge in [0.25, 0.3) is 0 Å². The quantitative estimate of drug-likeness (QED) is 0.715. The van der Waals surface area contributed by atoms with Crippen LogP contribution in [0.2, 0.25) is 0 Å². The van der Waals surface area contributed by atoms with Gasteiger partial charge in [0.2, 0.25) is 0 Å². The number of aromatic nitrogens is 2. The van der Waals surface area contributed by atoms with Crippen LogP contribution in [0.3, 0.4) is 0 Å². The van der Waals surface area contributed by atoms with Crippen LogP contribution in [-0.4, -0.2) is 9.55 Å². The number of nitrogens with zero attached hydrogens (tertiary/aromatic N) is 2. The molecule has 2 rings (SSSR count). The summed E-state index contributed by atoms with van der Waals surface area (Å²) in [5.74, 6) is 0. The molecule has 0 amide bonds. The molecule has 0 aliphatic heterocycles. The van der Waals surface area contributed by atoms with E-state index in [2.05, 4.69) is 11.1 Å². The van der Waals surface area contributed by atoms with Crippen molar-refractivity contribution in [3.8, 4) is 0 Å². The maximum Gasteiger partial charge on any atom is 0.139 e. The number of aryl methyl sites for hydroxylation is 1. The van der Waals surface area contributed by atoms with Crippen LogP contribution in [0, 0.1) is 0 Å². The van der Waals surface area contributed by atoms with Gasteiger partial charge >= 0.3 is 0 Å². The minimum absolute atomic E-state index is 0.0629. The summed E-state index contributed by atoms with van der Waals surface area (Å²) in [4.78, 5) is 4.29. The standard InChI is InChI=1S/C10H13N3/c1-7(11)9-6-13(2)10-8(9)4-3-5-12-10/h3-7H,11H2,1-2H3/t7-/m1/s1. The molecular weight excluding hydrogens is 162 g/mol. The third kappa shape index (κ3) is 1.21. The zero-order valence-corrected chi connectivity index (χ0v) is 7.86. The average Bonchev–Trinajstić information content (AvgIpc) is 2.45. The molecule has 2 aromatic heterocycles. The molecule has 0 unspecified atom stereocenters. The van der Waals surface area contributed by atoms with Gasteiger partial charge in [0.15, 0.2) is 0 Å². The van der Waals surface area contributed by atoms with Crippen molar-refractivity contribution in [1.82, 2.24) is 9.55 Å². The van der Waals surface area contributed by atoms with Crippen molar-refractivity contribution in [3.05, 3.63) is 30.1 Å². The highest BCUT2D eigenvalue weighted by atomic mass is 15.0. The molecule has 1 atom stereocenters. The molecule has 2 heterocycles. The summed E-state index contributed by atoms with van der Waals surface area (Å²) < 4.78 is 2.01. The van der Waals surface area contributed by atoms with Crippen molar-refractivity contribution in [2.45, 2.75) is 13.0 Å². The van der Waals surface area contributed by atoms with Crippen LogP contribution >= 0.6 is 0 Å². The van der Waals surface area contributed by atoms with Crippen LogP contribution in [0.15, 0.2) is 24.5 Å². The van der Waals surface area contributed by atoms with E-state index in [1.54, 1.807) is 6.20 Å². The highest BCUT2D eigenvalue weighted by Crippen LogP contribution is 2.22. The van der Waals surface area contributed by atoms with E-state index in [0.717, 1.165) is 16.6 Å². The number of hydrogen-bond acceptors (Lipinski definition) is 2. The molecule has 0 aliphatic rings. The summed E-state index contributed by atoms with van der Waals surface area (Å²) in [6.45, 7) is 1.99. The largest absolute Gasteiger partial charge is 0.335 e. The van der Waals surface area contributed by atoms with Gasteiger partial charge in [0.05, 0.1) is 0 Å². The monoisotopic (exact) mass is 175 g/mol. The Balaban J connectivity index is 2.78. The molecule has 3 nitrogen and oxygen atoms in total. The van der Waals surface area contributed by atoms with E-state index in [-0.39, 0.29) is 6.04 Å². The maximum atomic E-state index is 5.85. The van der Waals surface area contributed by atoms with E-state index in [4.69, 9.17) is 5.73 Å². The van der Waals surface area contributed by atoms with Gasteiger partial charge in [-0.3, -0.25) is 0 Å². The molecule has 0 bridgehead atoms. The molecule has 0 aromatic carbocycles. The van der Waals surface area contributed by atoms with Crippen molar-refractivity contribution in [2.75, 3.05) is 0 Å². The Labute approximate surface area is 77.2 Å². The number of hydrogen-bond donors (Lipinski definition) is 1. The van der Waals surface area contributed by atoms with Gasteiger partial charge in [-0.05, 0) is 24.6 Å². The van der Waals surface area contributed by atoms with Gasteiger partial charge in [-0.2, -0.15) is 0 Å². The predicted molar refractivity (Wildman–Crippen MR) is 53.3 cm³/mol. The van der Waals surface area contributed by atoms with Crippen LogP contribution in [0.1, 0.15) is 18.5 Å². The van der Waals surface area contributed by atoms with Crippen LogP contribution in [-0.2, 0) is 7.05 Å². The van der Waals surface area contributed by atoms with Crippen molar-refractivity contribution >= 4 is 11.0 Å². The molecule has 0 aliphatic carbocycles. The molecule has 2 aromatic rings. The lowest BCUT2D eigenvalue weighted by atomic mass is 10.1. The number of rotatable bonds is 1. The minimum Gasteiger partial charge on any atom is -0.335 e. The molecule has 0 fully saturated rings. The van der Waals surface area contributed by atoms with Crippen LogP contribution < -0.4 is 5.73 Å². The second-order valence-corrected chi connectivity index (χ2v) is 3.36. The van der Waals surface area contributed by atoms with Gasteiger partial charge in [-0.1, -0.05) is 0 Å². The Morgan fingerprint density at radius 2 is 2.31 bits per heavy atom. The van der Waals surface area contributed by atoms with Crippen molar-refractivity contribution in [2.24, 2.45) is 12.8 Å². The van der Waals surface area contributed by atoms with Gasteiger partial charge < -0.3 is 10.3 Å². The van der Waals surface area contributed by atoms with Crippen LogP contribution in [0.5, 0.6) is 0 Å². The zero-order chi connectivity index (χ0) is 9.42. The second-order valence-electron chi connectivity index (χ2n) is 3.36. The predicted octanol–water partition coefficient (Wildman–Crippen LogP) is 1.59. The van der Waals surface area contributed by atoms with Crippen LogP contribution in [0.25, 0.3) is 11.0 Å². The summed E-state index contributed by atoms with van der Waals surface area (Å²) in [7, 11) is 1.99. The summed E-state index contributed by atoms with van der Waals surface area (Å²) >= 11 is 0. The maximum absolute atomic E-state index is 5.85. The Bertz CT molecular complexity index is 429. The van der Waals surface area contributed by atoms with E-state index in [1.807, 2.05) is 30.8 Å². The van der Waals surface area contributed by atoms with E-state index in [0.29, 0.717) is 0 Å². The molecule has 0 radical (unpaired) electrons. The summed E-state index contributed by atoms with van der Waals surface area (Å²) in [5, 5.41) is 1.15. The van der Waals surface area contributed by atoms with Gasteiger partial charge in [0, 0.05) is 30.9 Å². The van der Waals surface area contributed by atoms with E-state index < -0.39 is 0 Å². The van der Waals surface area contributed by atoms with E-state index in [9.17, 15) is 0 Å². The third-order valence-electron chi connectivity index (χ3n) is 2.26. The normalized spacial score (nSPS) is 13.5. The SMILES string of the molecule is C[C@@H](N)c1cn(C)c2ncccc12. The topological polar surface area (TPSA) is 43.8 Å². The first-order chi connectivity index (χ1) is 6.20. The Morgan fingerprint density at radius 3 is 3.00 bits per heavy atom. The lowest BCUT2D eigenvalue weighted by molar-refractivity contribution is 0.814. The summed E-state index contributed by atoms with van der Waals surface area (Å²) in [6, 6.07) is 4.06. The molecule has 0 saturated carbocycles. The lowest BCUT2D eigenvalue weighted by Gasteiger charge is -2.00. The third-order valence-corrected chi connectivity index (χ3v) is 2.26. The molecule has 0 saturated heterocycles. The fourth-order valence-corrected chi connectivity index (χ4v) is 1.61. The van der Waals surface area contributed by atoms with E-state index in [1.165, 1.54) is 0 Å². The molecule has 68 valence electrons. The van der Waals surface area contributed by atoms with Crippen LogP contribution in [0.4, 0.5) is 0 Å². The van der Waals surface area contributed by atoms with Gasteiger partial charge in [-0.15, -0.1) is 0 Å². The fourth-order valence-electron chi connectivity index (χ4n) is 1.61. The van der Waals surface area contributed by atoms with Gasteiger partial charge in [-0.25, -0.2) is 4.98 Å². The van der Waals surface area contributed by atoms with Crippen molar-refractivity contribution < 1.29 is 0 Å². The minimum atomic E-state index is 0.0629. The highest BCUT2D eigenvalue weighted by molar-refractivity contribution is 5.80. The zero-order valence-electron chi connectivity index (χ0n) is 7.86. The molecule has 0 spiro atoms. The second kappa shape index (κ2) is 2.85. The first-order valence-electron chi connectivity index (χ1n) is 4.35. The Kier molecular flexibility index (Phi) is 1.81. The first kappa shape index (κ1) is 8.26. The molecule has 2 N–H and O–H groups in total. The van der Waals surface area contributed by atoms with Gasteiger partial charge in [0.1, 0.15) is 5.65 Å². The number of nitrogens with two attached hydrogens (primary N) is 1. The molecular formula is C10H13N3. The first-order valence-corrected chi connectivity index (χ1v) is 4.35. The summed E-state index contributed by atoms with van der Waals surface area (Å²) in [5.41, 5.74) is 8.01. The fraction of sp³-hybridized carbons (Fsp3) is 0.300.